The molecule has 0 aliphatic carbocycles. The number of hydrogen-bond donors (Lipinski definition) is 1. The average Bonchev–Trinajstić information content (AvgIpc) is 3.10. The SMILES string of the molecule is CSC(=N)c1cc(Oc2c(F)cc3c(ncn3S(=O)(=O)N(C)C)c2Br)ccc1F. The number of ether oxygens (including phenoxy) is 1. The number of thioether (sulfide) groups is 1. The van der Waals surface area contributed by atoms with E-state index in [1.165, 1.54) is 26.2 Å². The van der Waals surface area contributed by atoms with E-state index in [0.717, 1.165) is 38.5 Å². The van der Waals surface area contributed by atoms with Gasteiger partial charge in [0.2, 0.25) is 0 Å². The van der Waals surface area contributed by atoms with E-state index in [4.69, 9.17) is 10.1 Å². The lowest BCUT2D eigenvalue weighted by Gasteiger charge is -2.14. The summed E-state index contributed by atoms with van der Waals surface area (Å²) in [6.07, 6.45) is 2.71. The van der Waals surface area contributed by atoms with Crippen LogP contribution in [0.25, 0.3) is 11.0 Å². The molecule has 0 unspecified atom stereocenters. The summed E-state index contributed by atoms with van der Waals surface area (Å²) in [7, 11) is -1.20. The zero-order chi connectivity index (χ0) is 21.5. The van der Waals surface area contributed by atoms with Gasteiger partial charge in [0, 0.05) is 25.7 Å². The standard InChI is InChI=1S/C17H15BrF2N4O3S2/c1-23(2)29(25,26)24-8-22-15-13(24)7-12(20)16(14(15)18)27-9-4-5-11(19)10(6-9)17(21)28-3/h4-8,21H,1-3H3. The van der Waals surface area contributed by atoms with E-state index >= 15 is 0 Å². The fourth-order valence-electron chi connectivity index (χ4n) is 2.46. The molecule has 7 nitrogen and oxygen atoms in total. The van der Waals surface area contributed by atoms with Crippen molar-refractivity contribution in [1.82, 2.24) is 13.3 Å². The third-order valence-corrected chi connectivity index (χ3v) is 7.05. The summed E-state index contributed by atoms with van der Waals surface area (Å²) in [6, 6.07) is 4.72. The summed E-state index contributed by atoms with van der Waals surface area (Å²) in [6.45, 7) is 0. The molecule has 29 heavy (non-hydrogen) atoms. The second-order valence-electron chi connectivity index (χ2n) is 5.98. The van der Waals surface area contributed by atoms with E-state index in [9.17, 15) is 17.2 Å². The Hall–Kier alpha value is -2.02. The van der Waals surface area contributed by atoms with Gasteiger partial charge in [-0.3, -0.25) is 5.41 Å². The molecule has 0 bridgehead atoms. The summed E-state index contributed by atoms with van der Waals surface area (Å²) in [5.74, 6) is -1.57. The van der Waals surface area contributed by atoms with Gasteiger partial charge in [-0.1, -0.05) is 0 Å². The predicted octanol–water partition coefficient (Wildman–Crippen LogP) is 4.21. The molecule has 1 heterocycles. The Labute approximate surface area is 178 Å². The molecule has 1 aromatic heterocycles. The van der Waals surface area contributed by atoms with E-state index in [1.54, 1.807) is 6.26 Å². The van der Waals surface area contributed by atoms with Gasteiger partial charge in [0.1, 0.15) is 23.4 Å². The number of halogens is 3. The molecule has 154 valence electrons. The molecule has 3 aromatic rings. The number of rotatable bonds is 5. The lowest BCUT2D eigenvalue weighted by Crippen LogP contribution is -2.28. The Morgan fingerprint density at radius 3 is 2.59 bits per heavy atom. The van der Waals surface area contributed by atoms with E-state index in [0.29, 0.717) is 0 Å². The van der Waals surface area contributed by atoms with Crippen molar-refractivity contribution in [2.45, 2.75) is 0 Å². The molecule has 0 aliphatic rings. The summed E-state index contributed by atoms with van der Waals surface area (Å²) in [5, 5.41) is 7.79. The molecular weight excluding hydrogens is 490 g/mol. The molecular formula is C17H15BrF2N4O3S2. The zero-order valence-corrected chi connectivity index (χ0v) is 18.6. The summed E-state index contributed by atoms with van der Waals surface area (Å²) in [4.78, 5) is 4.05. The number of benzene rings is 2. The van der Waals surface area contributed by atoms with Crippen LogP contribution in [0.5, 0.6) is 11.5 Å². The molecule has 0 spiro atoms. The Kier molecular flexibility index (Phi) is 5.99. The normalized spacial score (nSPS) is 12.0. The van der Waals surface area contributed by atoms with Crippen LogP contribution in [0, 0.1) is 17.0 Å². The van der Waals surface area contributed by atoms with Crippen LogP contribution in [0.15, 0.2) is 35.1 Å². The van der Waals surface area contributed by atoms with Crippen LogP contribution in [0.1, 0.15) is 5.56 Å². The Balaban J connectivity index is 2.10. The highest BCUT2D eigenvalue weighted by molar-refractivity contribution is 9.10. The van der Waals surface area contributed by atoms with Crippen LogP contribution in [0.3, 0.4) is 0 Å². The third-order valence-electron chi connectivity index (χ3n) is 3.98. The van der Waals surface area contributed by atoms with E-state index < -0.39 is 21.8 Å². The third kappa shape index (κ3) is 3.89. The van der Waals surface area contributed by atoms with Crippen LogP contribution < -0.4 is 4.74 Å². The molecule has 0 saturated carbocycles. The number of fused-ring (bicyclic) bond motifs is 1. The van der Waals surface area contributed by atoms with Gasteiger partial charge in [-0.15, -0.1) is 11.8 Å². The molecule has 0 fully saturated rings. The molecule has 0 aliphatic heterocycles. The number of imidazole rings is 1. The Morgan fingerprint density at radius 2 is 1.97 bits per heavy atom. The molecule has 0 saturated heterocycles. The van der Waals surface area contributed by atoms with E-state index in [2.05, 4.69) is 20.9 Å². The van der Waals surface area contributed by atoms with Crippen LogP contribution in [-0.2, 0) is 10.2 Å². The van der Waals surface area contributed by atoms with E-state index in [1.807, 2.05) is 0 Å². The van der Waals surface area contributed by atoms with Crippen molar-refractivity contribution in [2.24, 2.45) is 0 Å². The van der Waals surface area contributed by atoms with Crippen LogP contribution in [-0.4, -0.2) is 47.1 Å². The lowest BCUT2D eigenvalue weighted by atomic mass is 10.2. The minimum atomic E-state index is -3.90. The largest absolute Gasteiger partial charge is 0.453 e. The Morgan fingerprint density at radius 1 is 1.28 bits per heavy atom. The maximum atomic E-state index is 14.8. The number of nitrogens with zero attached hydrogens (tertiary/aromatic N) is 3. The highest BCUT2D eigenvalue weighted by Crippen LogP contribution is 2.38. The molecule has 1 N–H and O–H groups in total. The maximum Gasteiger partial charge on any atom is 0.308 e. The van der Waals surface area contributed by atoms with E-state index in [-0.39, 0.29) is 37.6 Å². The van der Waals surface area contributed by atoms with Gasteiger partial charge in [-0.2, -0.15) is 12.7 Å². The van der Waals surface area contributed by atoms with Gasteiger partial charge in [0.15, 0.2) is 11.6 Å². The van der Waals surface area contributed by atoms with Crippen molar-refractivity contribution in [1.29, 1.82) is 5.41 Å². The first-order chi connectivity index (χ1) is 13.6. The van der Waals surface area contributed by atoms with Crippen molar-refractivity contribution >= 4 is 54.0 Å². The second kappa shape index (κ2) is 8.01. The minimum absolute atomic E-state index is 0.00410. The lowest BCUT2D eigenvalue weighted by molar-refractivity contribution is 0.439. The second-order valence-corrected chi connectivity index (χ2v) is 9.61. The molecule has 0 atom stereocenters. The molecule has 0 radical (unpaired) electrons. The van der Waals surface area contributed by atoms with Crippen LogP contribution in [0.2, 0.25) is 0 Å². The predicted molar refractivity (Wildman–Crippen MR) is 112 cm³/mol. The van der Waals surface area contributed by atoms with Crippen LogP contribution in [0.4, 0.5) is 8.78 Å². The van der Waals surface area contributed by atoms with Crippen molar-refractivity contribution in [3.63, 3.8) is 0 Å². The fraction of sp³-hybridized carbons (Fsp3) is 0.176. The van der Waals surface area contributed by atoms with Gasteiger partial charge < -0.3 is 4.74 Å². The molecule has 2 aromatic carbocycles. The van der Waals surface area contributed by atoms with Crippen molar-refractivity contribution in [2.75, 3.05) is 20.4 Å². The number of hydrogen-bond acceptors (Lipinski definition) is 6. The minimum Gasteiger partial charge on any atom is -0.453 e. The van der Waals surface area contributed by atoms with Crippen molar-refractivity contribution in [3.05, 3.63) is 52.3 Å². The highest BCUT2D eigenvalue weighted by atomic mass is 79.9. The summed E-state index contributed by atoms with van der Waals surface area (Å²) < 4.78 is 61.0. The van der Waals surface area contributed by atoms with Gasteiger partial charge in [-0.05, 0) is 40.4 Å². The fourth-order valence-corrected chi connectivity index (χ4v) is 4.32. The average molecular weight is 505 g/mol. The molecule has 12 heteroatoms. The smallest absolute Gasteiger partial charge is 0.308 e. The molecule has 0 amide bonds. The number of aromatic nitrogens is 2. The van der Waals surface area contributed by atoms with Gasteiger partial charge in [-0.25, -0.2) is 17.7 Å². The van der Waals surface area contributed by atoms with Gasteiger partial charge in [0.05, 0.1) is 15.0 Å². The van der Waals surface area contributed by atoms with Gasteiger partial charge in [0.25, 0.3) is 0 Å². The zero-order valence-electron chi connectivity index (χ0n) is 15.4. The number of nitrogens with one attached hydrogen (secondary N) is 1. The van der Waals surface area contributed by atoms with Crippen molar-refractivity contribution < 1.29 is 21.9 Å². The maximum absolute atomic E-state index is 14.8. The summed E-state index contributed by atoms with van der Waals surface area (Å²) in [5.41, 5.74) is 0.222. The monoisotopic (exact) mass is 504 g/mol. The Bertz CT molecular complexity index is 1230. The summed E-state index contributed by atoms with van der Waals surface area (Å²) >= 11 is 4.27. The van der Waals surface area contributed by atoms with Gasteiger partial charge >= 0.3 is 10.2 Å². The molecule has 3 rings (SSSR count). The topological polar surface area (TPSA) is 88.3 Å². The van der Waals surface area contributed by atoms with Crippen LogP contribution >= 0.6 is 27.7 Å². The first-order valence-electron chi connectivity index (χ1n) is 7.96. The highest BCUT2D eigenvalue weighted by Gasteiger charge is 2.24. The van der Waals surface area contributed by atoms with Crippen molar-refractivity contribution in [3.8, 4) is 11.5 Å². The first kappa shape index (κ1) is 21.7. The quantitative estimate of drug-likeness (QED) is 0.415. The first-order valence-corrected chi connectivity index (χ1v) is 11.4.